The van der Waals surface area contributed by atoms with Crippen LogP contribution in [0.2, 0.25) is 0 Å². The Labute approximate surface area is 67.9 Å². The van der Waals surface area contributed by atoms with Gasteiger partial charge in [0.25, 0.3) is 0 Å². The lowest BCUT2D eigenvalue weighted by molar-refractivity contribution is -0.368. The monoisotopic (exact) mass is 160 g/mol. The molecule has 0 unspecified atom stereocenters. The highest BCUT2D eigenvalue weighted by Crippen LogP contribution is 1.93. The maximum atomic E-state index is 10.8. The van der Waals surface area contributed by atoms with Crippen molar-refractivity contribution in [2.45, 2.75) is 32.6 Å². The summed E-state index contributed by atoms with van der Waals surface area (Å²) in [5, 5.41) is 0. The van der Waals surface area contributed by atoms with E-state index < -0.39 is 0 Å². The highest BCUT2D eigenvalue weighted by Gasteiger charge is 2.00. The van der Waals surface area contributed by atoms with Crippen molar-refractivity contribution in [2.75, 3.05) is 13.2 Å². The lowest BCUT2D eigenvalue weighted by Crippen LogP contribution is -2.50. The van der Waals surface area contributed by atoms with Crippen molar-refractivity contribution in [2.24, 2.45) is 0 Å². The molecule has 0 fully saturated rings. The molecule has 3 nitrogen and oxygen atoms in total. The smallest absolute Gasteiger partial charge is 0.306 e. The van der Waals surface area contributed by atoms with Crippen molar-refractivity contribution in [3.63, 3.8) is 0 Å². The van der Waals surface area contributed by atoms with E-state index in [1.807, 2.05) is 0 Å². The predicted molar refractivity (Wildman–Crippen MR) is 42.9 cm³/mol. The number of hydrogen-bond donors (Lipinski definition) is 1. The van der Waals surface area contributed by atoms with Gasteiger partial charge in [0.05, 0.1) is 19.6 Å². The molecule has 0 bridgehead atoms. The number of quaternary nitrogens is 1. The number of carbonyl (C=O) groups excluding carboxylic acids is 1. The van der Waals surface area contributed by atoms with Crippen molar-refractivity contribution in [3.8, 4) is 0 Å². The fourth-order valence-electron chi connectivity index (χ4n) is 0.672. The third-order valence-corrected chi connectivity index (χ3v) is 1.39. The van der Waals surface area contributed by atoms with Crippen molar-refractivity contribution >= 4 is 5.97 Å². The molecule has 66 valence electrons. The minimum atomic E-state index is -0.0814. The molecule has 0 atom stereocenters. The van der Waals surface area contributed by atoms with E-state index in [9.17, 15) is 4.79 Å². The minimum Gasteiger partial charge on any atom is -0.466 e. The van der Waals surface area contributed by atoms with Crippen molar-refractivity contribution in [3.05, 3.63) is 0 Å². The molecule has 0 radical (unpaired) electrons. The Morgan fingerprint density at radius 2 is 2.18 bits per heavy atom. The SMILES string of the molecule is CCCCOC(=O)CCC[NH3+]. The van der Waals surface area contributed by atoms with Gasteiger partial charge in [-0.25, -0.2) is 0 Å². The largest absolute Gasteiger partial charge is 0.466 e. The molecule has 0 saturated carbocycles. The summed E-state index contributed by atoms with van der Waals surface area (Å²) in [4.78, 5) is 10.8. The Hall–Kier alpha value is -0.570. The van der Waals surface area contributed by atoms with Gasteiger partial charge in [-0.2, -0.15) is 0 Å². The Balaban J connectivity index is 3.09. The van der Waals surface area contributed by atoms with Crippen molar-refractivity contribution in [1.82, 2.24) is 0 Å². The molecule has 0 aliphatic heterocycles. The number of ether oxygens (including phenoxy) is 1. The van der Waals surface area contributed by atoms with Crippen LogP contribution in [0.1, 0.15) is 32.6 Å². The van der Waals surface area contributed by atoms with E-state index in [2.05, 4.69) is 12.7 Å². The Morgan fingerprint density at radius 1 is 1.45 bits per heavy atom. The third kappa shape index (κ3) is 7.33. The summed E-state index contributed by atoms with van der Waals surface area (Å²) in [6.45, 7) is 3.46. The average Bonchev–Trinajstić information content (AvgIpc) is 2.01. The van der Waals surface area contributed by atoms with Crippen LogP contribution in [0.25, 0.3) is 0 Å². The summed E-state index contributed by atoms with van der Waals surface area (Å²) in [5.41, 5.74) is 3.65. The van der Waals surface area contributed by atoms with Crippen LogP contribution in [0.15, 0.2) is 0 Å². The van der Waals surface area contributed by atoms with Gasteiger partial charge in [0.1, 0.15) is 0 Å². The van der Waals surface area contributed by atoms with Crippen LogP contribution < -0.4 is 5.73 Å². The second-order valence-corrected chi connectivity index (χ2v) is 2.53. The van der Waals surface area contributed by atoms with Crippen molar-refractivity contribution < 1.29 is 15.3 Å². The number of esters is 1. The highest BCUT2D eigenvalue weighted by atomic mass is 16.5. The third-order valence-electron chi connectivity index (χ3n) is 1.39. The van der Waals surface area contributed by atoms with E-state index >= 15 is 0 Å². The lowest BCUT2D eigenvalue weighted by Gasteiger charge is -2.01. The van der Waals surface area contributed by atoms with Gasteiger partial charge in [-0.05, 0) is 6.42 Å². The fraction of sp³-hybridized carbons (Fsp3) is 0.875. The van der Waals surface area contributed by atoms with Crippen LogP contribution in [0.5, 0.6) is 0 Å². The van der Waals surface area contributed by atoms with Crippen LogP contribution >= 0.6 is 0 Å². The number of rotatable bonds is 6. The van der Waals surface area contributed by atoms with Crippen LogP contribution in [0.3, 0.4) is 0 Å². The standard InChI is InChI=1S/C8H17NO2/c1-2-3-7-11-8(10)5-4-6-9/h2-7,9H2,1H3/p+1. The zero-order valence-electron chi connectivity index (χ0n) is 7.27. The van der Waals surface area contributed by atoms with E-state index in [0.29, 0.717) is 13.0 Å². The van der Waals surface area contributed by atoms with E-state index in [0.717, 1.165) is 25.8 Å². The summed E-state index contributed by atoms with van der Waals surface area (Å²) in [6.07, 6.45) is 3.40. The molecule has 11 heavy (non-hydrogen) atoms. The fourth-order valence-corrected chi connectivity index (χ4v) is 0.672. The summed E-state index contributed by atoms with van der Waals surface area (Å²) < 4.78 is 4.92. The maximum Gasteiger partial charge on any atom is 0.306 e. The first-order valence-corrected chi connectivity index (χ1v) is 4.26. The molecule has 0 aromatic rings. The Bertz CT molecular complexity index is 104. The quantitative estimate of drug-likeness (QED) is 0.450. The molecule has 0 aromatic heterocycles. The van der Waals surface area contributed by atoms with E-state index in [-0.39, 0.29) is 5.97 Å². The number of hydrogen-bond acceptors (Lipinski definition) is 2. The highest BCUT2D eigenvalue weighted by molar-refractivity contribution is 5.69. The molecule has 3 N–H and O–H groups in total. The molecule has 0 aliphatic carbocycles. The first kappa shape index (κ1) is 10.4. The van der Waals surface area contributed by atoms with Crippen LogP contribution in [-0.4, -0.2) is 19.1 Å². The Kier molecular flexibility index (Phi) is 7.15. The number of carbonyl (C=O) groups is 1. The molecule has 0 saturated heterocycles. The molecule has 0 aromatic carbocycles. The predicted octanol–water partition coefficient (Wildman–Crippen LogP) is 0.352. The second-order valence-electron chi connectivity index (χ2n) is 2.53. The summed E-state index contributed by atoms with van der Waals surface area (Å²) >= 11 is 0. The van der Waals surface area contributed by atoms with Gasteiger partial charge in [-0.3, -0.25) is 4.79 Å². The second kappa shape index (κ2) is 7.54. The van der Waals surface area contributed by atoms with Gasteiger partial charge < -0.3 is 10.5 Å². The molecular weight excluding hydrogens is 142 g/mol. The molecule has 3 heteroatoms. The average molecular weight is 160 g/mol. The van der Waals surface area contributed by atoms with Crippen LogP contribution in [0.4, 0.5) is 0 Å². The Morgan fingerprint density at radius 3 is 2.73 bits per heavy atom. The summed E-state index contributed by atoms with van der Waals surface area (Å²) in [5.74, 6) is -0.0814. The summed E-state index contributed by atoms with van der Waals surface area (Å²) in [6, 6.07) is 0. The molecule has 0 rings (SSSR count). The zero-order chi connectivity index (χ0) is 8.53. The zero-order valence-corrected chi connectivity index (χ0v) is 7.27. The van der Waals surface area contributed by atoms with Crippen molar-refractivity contribution in [1.29, 1.82) is 0 Å². The van der Waals surface area contributed by atoms with Gasteiger partial charge >= 0.3 is 5.97 Å². The minimum absolute atomic E-state index is 0.0814. The first-order valence-electron chi connectivity index (χ1n) is 4.26. The van der Waals surface area contributed by atoms with Crippen LogP contribution in [0, 0.1) is 0 Å². The topological polar surface area (TPSA) is 53.9 Å². The molecule has 0 heterocycles. The summed E-state index contributed by atoms with van der Waals surface area (Å²) in [7, 11) is 0. The number of unbranched alkanes of at least 4 members (excludes halogenated alkanes) is 1. The lowest BCUT2D eigenvalue weighted by atomic mass is 10.3. The van der Waals surface area contributed by atoms with Gasteiger partial charge in [-0.1, -0.05) is 13.3 Å². The molecule has 0 spiro atoms. The first-order chi connectivity index (χ1) is 5.31. The van der Waals surface area contributed by atoms with Crippen LogP contribution in [-0.2, 0) is 9.53 Å². The molecule has 0 aliphatic rings. The van der Waals surface area contributed by atoms with Gasteiger partial charge in [-0.15, -0.1) is 0 Å². The maximum absolute atomic E-state index is 10.8. The molecule has 0 amide bonds. The van der Waals surface area contributed by atoms with Gasteiger partial charge in [0.15, 0.2) is 0 Å². The van der Waals surface area contributed by atoms with E-state index in [4.69, 9.17) is 4.74 Å². The van der Waals surface area contributed by atoms with E-state index in [1.54, 1.807) is 0 Å². The normalized spacial score (nSPS) is 9.64. The van der Waals surface area contributed by atoms with E-state index in [1.165, 1.54) is 0 Å². The van der Waals surface area contributed by atoms with Gasteiger partial charge in [0, 0.05) is 6.42 Å². The molecular formula is C8H18NO2+. The van der Waals surface area contributed by atoms with Gasteiger partial charge in [0.2, 0.25) is 0 Å².